The first kappa shape index (κ1) is 12.5. The molecular weight excluding hydrogens is 228 g/mol. The molecule has 2 atom stereocenters. The molecule has 0 radical (unpaired) electrons. The summed E-state index contributed by atoms with van der Waals surface area (Å²) in [5.41, 5.74) is -0.414. The zero-order chi connectivity index (χ0) is 12.8. The van der Waals surface area contributed by atoms with Crippen LogP contribution in [-0.4, -0.2) is 22.8 Å². The van der Waals surface area contributed by atoms with E-state index in [-0.39, 0.29) is 11.7 Å². The second-order valence-electron chi connectivity index (χ2n) is 6.87. The van der Waals surface area contributed by atoms with Crippen molar-refractivity contribution in [1.82, 2.24) is 0 Å². The lowest BCUT2D eigenvalue weighted by atomic mass is 9.79. The Labute approximate surface area is 109 Å². The number of carboxylic acids is 1. The highest BCUT2D eigenvalue weighted by Crippen LogP contribution is 2.52. The smallest absolute Gasteiger partial charge is 0.309 e. The van der Waals surface area contributed by atoms with Crippen molar-refractivity contribution in [2.75, 3.05) is 0 Å². The minimum absolute atomic E-state index is 0.133. The molecule has 0 aromatic heterocycles. The lowest BCUT2D eigenvalue weighted by Crippen LogP contribution is -2.35. The maximum atomic E-state index is 11.5. The predicted molar refractivity (Wildman–Crippen MR) is 68.4 cm³/mol. The molecule has 3 heteroatoms. The van der Waals surface area contributed by atoms with E-state index in [9.17, 15) is 9.90 Å². The van der Waals surface area contributed by atoms with Crippen LogP contribution in [0.5, 0.6) is 0 Å². The third-order valence-electron chi connectivity index (χ3n) is 5.47. The average Bonchev–Trinajstić information content (AvgIpc) is 2.99. The van der Waals surface area contributed by atoms with E-state index < -0.39 is 11.4 Å². The number of carboxylic acid groups (broad SMARTS) is 1. The van der Waals surface area contributed by atoms with Gasteiger partial charge in [-0.15, -0.1) is 0 Å². The summed E-state index contributed by atoms with van der Waals surface area (Å²) in [6.45, 7) is 1.93. The monoisotopic (exact) mass is 252 g/mol. The molecule has 102 valence electrons. The molecule has 0 aromatic rings. The summed E-state index contributed by atoms with van der Waals surface area (Å²) in [6, 6.07) is 0. The van der Waals surface area contributed by atoms with E-state index in [0.717, 1.165) is 32.1 Å². The first-order valence-corrected chi connectivity index (χ1v) is 7.45. The summed E-state index contributed by atoms with van der Waals surface area (Å²) in [6.07, 6.45) is 10.2. The molecule has 2 aliphatic carbocycles. The summed E-state index contributed by atoms with van der Waals surface area (Å²) in [5.74, 6) is -0.236. The van der Waals surface area contributed by atoms with E-state index in [0.29, 0.717) is 5.92 Å². The number of carbonyl (C=O) groups is 1. The van der Waals surface area contributed by atoms with Crippen LogP contribution in [0.4, 0.5) is 0 Å². The molecule has 0 aromatic carbocycles. The molecule has 1 spiro atoms. The van der Waals surface area contributed by atoms with Gasteiger partial charge in [0.15, 0.2) is 0 Å². The molecule has 1 saturated heterocycles. The van der Waals surface area contributed by atoms with Gasteiger partial charge in [-0.05, 0) is 57.8 Å². The summed E-state index contributed by atoms with van der Waals surface area (Å²) in [4.78, 5) is 11.5. The Morgan fingerprint density at radius 2 is 1.94 bits per heavy atom. The van der Waals surface area contributed by atoms with Crippen LogP contribution < -0.4 is 0 Å². The fraction of sp³-hybridized carbons (Fsp3) is 0.933. The van der Waals surface area contributed by atoms with Crippen molar-refractivity contribution < 1.29 is 14.6 Å². The Bertz CT molecular complexity index is 342. The van der Waals surface area contributed by atoms with E-state index in [4.69, 9.17) is 4.74 Å². The molecule has 18 heavy (non-hydrogen) atoms. The Balaban J connectivity index is 1.64. The summed E-state index contributed by atoms with van der Waals surface area (Å²) >= 11 is 0. The summed E-state index contributed by atoms with van der Waals surface area (Å²) in [7, 11) is 0. The van der Waals surface area contributed by atoms with Gasteiger partial charge in [-0.2, -0.15) is 0 Å². The van der Waals surface area contributed by atoms with Crippen LogP contribution in [0, 0.1) is 11.3 Å². The number of hydrogen-bond donors (Lipinski definition) is 1. The highest BCUT2D eigenvalue weighted by atomic mass is 16.5. The third kappa shape index (κ3) is 2.07. The van der Waals surface area contributed by atoms with E-state index >= 15 is 0 Å². The Morgan fingerprint density at radius 1 is 1.28 bits per heavy atom. The van der Waals surface area contributed by atoms with Crippen molar-refractivity contribution >= 4 is 5.97 Å². The highest BCUT2D eigenvalue weighted by molar-refractivity contribution is 5.75. The van der Waals surface area contributed by atoms with Gasteiger partial charge in [0, 0.05) is 0 Å². The first-order chi connectivity index (χ1) is 8.54. The molecular formula is C15H24O3. The highest BCUT2D eigenvalue weighted by Gasteiger charge is 2.51. The van der Waals surface area contributed by atoms with Crippen LogP contribution in [0.25, 0.3) is 0 Å². The van der Waals surface area contributed by atoms with Crippen LogP contribution in [0.3, 0.4) is 0 Å². The van der Waals surface area contributed by atoms with Gasteiger partial charge in [0.2, 0.25) is 0 Å². The maximum absolute atomic E-state index is 11.5. The zero-order valence-corrected chi connectivity index (χ0v) is 11.3. The fourth-order valence-corrected chi connectivity index (χ4v) is 4.05. The van der Waals surface area contributed by atoms with Crippen LogP contribution >= 0.6 is 0 Å². The Morgan fingerprint density at radius 3 is 2.50 bits per heavy atom. The molecule has 3 fully saturated rings. The summed E-state index contributed by atoms with van der Waals surface area (Å²) < 4.78 is 6.27. The van der Waals surface area contributed by atoms with Crippen molar-refractivity contribution in [3.63, 3.8) is 0 Å². The largest absolute Gasteiger partial charge is 0.481 e. The van der Waals surface area contributed by atoms with Crippen LogP contribution in [0.1, 0.15) is 64.7 Å². The van der Waals surface area contributed by atoms with Crippen LogP contribution in [0.2, 0.25) is 0 Å². The standard InChI is InChI=1S/C15H24O3/c1-14(13(16)17,11-4-5-11)10-12-6-9-15(18-12)7-2-3-8-15/h11-12H,2-10H2,1H3,(H,16,17). The van der Waals surface area contributed by atoms with Gasteiger partial charge in [0.05, 0.1) is 17.1 Å². The number of hydrogen-bond acceptors (Lipinski definition) is 2. The Hall–Kier alpha value is -0.570. The third-order valence-corrected chi connectivity index (χ3v) is 5.47. The lowest BCUT2D eigenvalue weighted by Gasteiger charge is -2.30. The fourth-order valence-electron chi connectivity index (χ4n) is 4.05. The van der Waals surface area contributed by atoms with Gasteiger partial charge >= 0.3 is 5.97 Å². The molecule has 0 bridgehead atoms. The quantitative estimate of drug-likeness (QED) is 0.834. The normalized spacial score (nSPS) is 33.7. The number of rotatable bonds is 4. The molecule has 3 nitrogen and oxygen atoms in total. The SMILES string of the molecule is CC(CC1CCC2(CCCC2)O1)(C(=O)O)C1CC1. The van der Waals surface area contributed by atoms with Crippen molar-refractivity contribution in [3.8, 4) is 0 Å². The van der Waals surface area contributed by atoms with E-state index in [1.54, 1.807) is 0 Å². The molecule has 1 heterocycles. The predicted octanol–water partition coefficient (Wildman–Crippen LogP) is 3.37. The topological polar surface area (TPSA) is 46.5 Å². The molecule has 1 N–H and O–H groups in total. The maximum Gasteiger partial charge on any atom is 0.309 e. The second-order valence-corrected chi connectivity index (χ2v) is 6.87. The molecule has 2 unspecified atom stereocenters. The minimum atomic E-state index is -0.624. The van der Waals surface area contributed by atoms with Gasteiger partial charge in [-0.3, -0.25) is 4.79 Å². The van der Waals surface area contributed by atoms with Gasteiger partial charge in [-0.1, -0.05) is 12.8 Å². The average molecular weight is 252 g/mol. The van der Waals surface area contributed by atoms with Gasteiger partial charge in [0.25, 0.3) is 0 Å². The molecule has 1 aliphatic heterocycles. The first-order valence-electron chi connectivity index (χ1n) is 7.45. The minimum Gasteiger partial charge on any atom is -0.481 e. The van der Waals surface area contributed by atoms with Gasteiger partial charge in [0.1, 0.15) is 0 Å². The van der Waals surface area contributed by atoms with Crippen molar-refractivity contribution in [2.24, 2.45) is 11.3 Å². The summed E-state index contributed by atoms with van der Waals surface area (Å²) in [5, 5.41) is 9.50. The van der Waals surface area contributed by atoms with E-state index in [1.165, 1.54) is 25.7 Å². The molecule has 3 aliphatic rings. The molecule has 3 rings (SSSR count). The van der Waals surface area contributed by atoms with Gasteiger partial charge < -0.3 is 9.84 Å². The van der Waals surface area contributed by atoms with E-state index in [2.05, 4.69) is 0 Å². The number of ether oxygens (including phenoxy) is 1. The van der Waals surface area contributed by atoms with Gasteiger partial charge in [-0.25, -0.2) is 0 Å². The lowest BCUT2D eigenvalue weighted by molar-refractivity contribution is -0.153. The zero-order valence-electron chi connectivity index (χ0n) is 11.3. The van der Waals surface area contributed by atoms with Crippen molar-refractivity contribution in [2.45, 2.75) is 76.4 Å². The van der Waals surface area contributed by atoms with E-state index in [1.807, 2.05) is 6.92 Å². The van der Waals surface area contributed by atoms with Crippen LogP contribution in [0.15, 0.2) is 0 Å². The van der Waals surface area contributed by atoms with Crippen molar-refractivity contribution in [1.29, 1.82) is 0 Å². The molecule has 0 amide bonds. The second kappa shape index (κ2) is 4.22. The van der Waals surface area contributed by atoms with Crippen LogP contribution in [-0.2, 0) is 9.53 Å². The van der Waals surface area contributed by atoms with Crippen molar-refractivity contribution in [3.05, 3.63) is 0 Å². The Kier molecular flexibility index (Phi) is 2.92. The number of aliphatic carboxylic acids is 1. The molecule has 2 saturated carbocycles.